The fourth-order valence-electron chi connectivity index (χ4n) is 2.82. The molecular weight excluding hydrogens is 524 g/mol. The summed E-state index contributed by atoms with van der Waals surface area (Å²) >= 11 is 6.01. The molecule has 14 nitrogen and oxygen atoms in total. The van der Waals surface area contributed by atoms with Crippen molar-refractivity contribution in [1.82, 2.24) is 20.3 Å². The molecular formula is C23H33ClN6O8. The van der Waals surface area contributed by atoms with Gasteiger partial charge in [0.15, 0.2) is 0 Å². The highest BCUT2D eigenvalue weighted by Gasteiger charge is 2.12. The topological polar surface area (TPSA) is 175 Å². The largest absolute Gasteiger partial charge is 0.495 e. The van der Waals surface area contributed by atoms with Crippen LogP contribution in [-0.2, 0) is 23.7 Å². The molecule has 0 radical (unpaired) electrons. The summed E-state index contributed by atoms with van der Waals surface area (Å²) in [7, 11) is 3.01. The summed E-state index contributed by atoms with van der Waals surface area (Å²) < 4.78 is 26.8. The molecule has 0 unspecified atom stereocenters. The fraction of sp³-hybridized carbons (Fsp3) is 0.522. The van der Waals surface area contributed by atoms with Crippen LogP contribution in [0.15, 0.2) is 18.2 Å². The number of aromatic carboxylic acids is 1. The van der Waals surface area contributed by atoms with Crippen LogP contribution in [0.4, 0.5) is 17.6 Å². The van der Waals surface area contributed by atoms with Crippen molar-refractivity contribution in [2.75, 3.05) is 84.2 Å². The van der Waals surface area contributed by atoms with E-state index in [1.165, 1.54) is 19.2 Å². The number of hydrogen-bond donors (Lipinski definition) is 4. The number of nitrogens with one attached hydrogen (secondary N) is 3. The highest BCUT2D eigenvalue weighted by atomic mass is 35.5. The summed E-state index contributed by atoms with van der Waals surface area (Å²) in [5.41, 5.74) is 0.546. The van der Waals surface area contributed by atoms with Crippen molar-refractivity contribution < 1.29 is 38.4 Å². The SMILES string of the molecule is CNC(=O)CCOCCOCCOCCOCCNc1nc(Cl)nc(Nc2ccc(C(=O)O)cc2OC)n1. The average Bonchev–Trinajstić information content (AvgIpc) is 2.90. The number of rotatable bonds is 20. The van der Waals surface area contributed by atoms with E-state index in [0.29, 0.717) is 77.3 Å². The number of nitrogens with zero attached hydrogens (tertiary/aromatic N) is 3. The predicted molar refractivity (Wildman–Crippen MR) is 139 cm³/mol. The molecule has 15 heteroatoms. The third-order valence-electron chi connectivity index (χ3n) is 4.70. The summed E-state index contributed by atoms with van der Waals surface area (Å²) in [6.07, 6.45) is 0.332. The summed E-state index contributed by atoms with van der Waals surface area (Å²) in [6, 6.07) is 4.36. The van der Waals surface area contributed by atoms with Gasteiger partial charge in [-0.15, -0.1) is 0 Å². The van der Waals surface area contributed by atoms with E-state index in [0.717, 1.165) is 0 Å². The maximum atomic E-state index is 11.2. The van der Waals surface area contributed by atoms with Crippen molar-refractivity contribution in [3.8, 4) is 5.75 Å². The Hall–Kier alpha value is -3.30. The molecule has 1 aromatic heterocycles. The standard InChI is InChI=1S/C23H33ClN6O8/c1-25-19(31)5-7-35-9-11-37-13-14-38-12-10-36-8-6-26-22-28-21(24)29-23(30-22)27-17-4-3-16(20(32)33)15-18(17)34-2/h3-4,15H,5-14H2,1-2H3,(H,25,31)(H,32,33)(H2,26,27,28,29,30). The Morgan fingerprint density at radius 1 is 0.895 bits per heavy atom. The lowest BCUT2D eigenvalue weighted by atomic mass is 10.2. The van der Waals surface area contributed by atoms with E-state index in [-0.39, 0.29) is 28.7 Å². The molecule has 1 aromatic carbocycles. The lowest BCUT2D eigenvalue weighted by Gasteiger charge is -2.12. The molecule has 0 fully saturated rings. The molecule has 0 saturated heterocycles. The number of hydrogen-bond acceptors (Lipinski definition) is 12. The van der Waals surface area contributed by atoms with Crippen molar-refractivity contribution in [2.45, 2.75) is 6.42 Å². The van der Waals surface area contributed by atoms with Crippen molar-refractivity contribution in [2.24, 2.45) is 0 Å². The maximum Gasteiger partial charge on any atom is 0.335 e. The molecule has 38 heavy (non-hydrogen) atoms. The first-order chi connectivity index (χ1) is 18.4. The zero-order valence-corrected chi connectivity index (χ0v) is 22.1. The summed E-state index contributed by atoms with van der Waals surface area (Å²) in [5.74, 6) is -0.425. The molecule has 0 atom stereocenters. The van der Waals surface area contributed by atoms with E-state index in [2.05, 4.69) is 30.9 Å². The van der Waals surface area contributed by atoms with Gasteiger partial charge in [0.2, 0.25) is 23.1 Å². The number of carbonyl (C=O) groups is 2. The van der Waals surface area contributed by atoms with Gasteiger partial charge in [-0.2, -0.15) is 15.0 Å². The Morgan fingerprint density at radius 3 is 2.11 bits per heavy atom. The second-order valence-corrected chi connectivity index (χ2v) is 7.73. The first kappa shape index (κ1) is 30.9. The van der Waals surface area contributed by atoms with E-state index in [9.17, 15) is 9.59 Å². The number of carbonyl (C=O) groups excluding carboxylic acids is 1. The van der Waals surface area contributed by atoms with E-state index >= 15 is 0 Å². The average molecular weight is 557 g/mol. The number of methoxy groups -OCH3 is 1. The van der Waals surface area contributed by atoms with Gasteiger partial charge >= 0.3 is 5.97 Å². The molecule has 2 aromatic rings. The maximum absolute atomic E-state index is 11.2. The molecule has 0 bridgehead atoms. The second-order valence-electron chi connectivity index (χ2n) is 7.40. The van der Waals surface area contributed by atoms with Crippen LogP contribution in [-0.4, -0.2) is 105 Å². The van der Waals surface area contributed by atoms with E-state index < -0.39 is 5.97 Å². The Balaban J connectivity index is 1.58. The van der Waals surface area contributed by atoms with Gasteiger partial charge in [0.25, 0.3) is 0 Å². The van der Waals surface area contributed by atoms with Gasteiger partial charge in [-0.3, -0.25) is 4.79 Å². The van der Waals surface area contributed by atoms with Crippen molar-refractivity contribution in [3.63, 3.8) is 0 Å². The Kier molecular flexibility index (Phi) is 14.7. The molecule has 0 aliphatic heterocycles. The zero-order chi connectivity index (χ0) is 27.6. The number of carboxylic acids is 1. The van der Waals surface area contributed by atoms with Crippen LogP contribution >= 0.6 is 11.6 Å². The van der Waals surface area contributed by atoms with Gasteiger partial charge in [0.05, 0.1) is 71.2 Å². The predicted octanol–water partition coefficient (Wildman–Crippen LogP) is 1.59. The normalized spacial score (nSPS) is 10.7. The second kappa shape index (κ2) is 18.0. The molecule has 1 amide bonds. The van der Waals surface area contributed by atoms with Gasteiger partial charge in [0.1, 0.15) is 5.75 Å². The third kappa shape index (κ3) is 12.3. The van der Waals surface area contributed by atoms with Crippen LogP contribution < -0.4 is 20.7 Å². The van der Waals surface area contributed by atoms with Crippen LogP contribution in [0.1, 0.15) is 16.8 Å². The number of carboxylic acid groups (broad SMARTS) is 1. The molecule has 4 N–H and O–H groups in total. The number of anilines is 3. The van der Waals surface area contributed by atoms with E-state index in [4.69, 9.17) is 40.4 Å². The van der Waals surface area contributed by atoms with Crippen molar-refractivity contribution in [1.29, 1.82) is 0 Å². The number of aromatic nitrogens is 3. The van der Waals surface area contributed by atoms with Crippen LogP contribution in [0.2, 0.25) is 5.28 Å². The molecule has 0 aliphatic rings. The van der Waals surface area contributed by atoms with Gasteiger partial charge in [-0.05, 0) is 29.8 Å². The number of ether oxygens (including phenoxy) is 5. The smallest absolute Gasteiger partial charge is 0.335 e. The molecule has 0 spiro atoms. The Morgan fingerprint density at radius 2 is 1.50 bits per heavy atom. The summed E-state index contributed by atoms with van der Waals surface area (Å²) in [4.78, 5) is 34.5. The van der Waals surface area contributed by atoms with Gasteiger partial charge in [-0.25, -0.2) is 4.79 Å². The molecule has 2 rings (SSSR count). The first-order valence-electron chi connectivity index (χ1n) is 11.8. The van der Waals surface area contributed by atoms with Crippen molar-refractivity contribution in [3.05, 3.63) is 29.0 Å². The minimum absolute atomic E-state index is 0.0295. The van der Waals surface area contributed by atoms with Crippen LogP contribution in [0.5, 0.6) is 5.75 Å². The zero-order valence-electron chi connectivity index (χ0n) is 21.3. The van der Waals surface area contributed by atoms with Gasteiger partial charge in [-0.1, -0.05) is 0 Å². The third-order valence-corrected chi connectivity index (χ3v) is 4.87. The number of halogens is 1. The highest BCUT2D eigenvalue weighted by molar-refractivity contribution is 6.28. The Bertz CT molecular complexity index is 1020. The molecule has 1 heterocycles. The van der Waals surface area contributed by atoms with E-state index in [1.54, 1.807) is 13.1 Å². The summed E-state index contributed by atoms with van der Waals surface area (Å²) in [6.45, 7) is 3.71. The molecule has 0 aliphatic carbocycles. The number of benzene rings is 1. The number of amides is 1. The minimum Gasteiger partial charge on any atom is -0.495 e. The fourth-order valence-corrected chi connectivity index (χ4v) is 2.98. The van der Waals surface area contributed by atoms with Gasteiger partial charge < -0.3 is 44.7 Å². The highest BCUT2D eigenvalue weighted by Crippen LogP contribution is 2.28. The first-order valence-corrected chi connectivity index (χ1v) is 12.2. The Labute approximate surface area is 225 Å². The van der Waals surface area contributed by atoms with Crippen LogP contribution in [0, 0.1) is 0 Å². The van der Waals surface area contributed by atoms with Crippen LogP contribution in [0.3, 0.4) is 0 Å². The lowest BCUT2D eigenvalue weighted by molar-refractivity contribution is -0.121. The molecule has 0 saturated carbocycles. The van der Waals surface area contributed by atoms with Crippen LogP contribution in [0.25, 0.3) is 0 Å². The quantitative estimate of drug-likeness (QED) is 0.173. The van der Waals surface area contributed by atoms with Gasteiger partial charge in [0, 0.05) is 20.0 Å². The summed E-state index contributed by atoms with van der Waals surface area (Å²) in [5, 5.41) is 17.6. The lowest BCUT2D eigenvalue weighted by Crippen LogP contribution is -2.20. The molecule has 210 valence electrons. The minimum atomic E-state index is -1.07. The van der Waals surface area contributed by atoms with E-state index in [1.807, 2.05) is 0 Å². The monoisotopic (exact) mass is 556 g/mol. The van der Waals surface area contributed by atoms with Crippen molar-refractivity contribution >= 4 is 41.1 Å².